The van der Waals surface area contributed by atoms with Gasteiger partial charge in [-0.05, 0) is 19.8 Å². The molecular weight excluding hydrogens is 200 g/mol. The topological polar surface area (TPSA) is 83.8 Å². The Morgan fingerprint density at radius 2 is 1.93 bits per heavy atom. The Bertz CT molecular complexity index is 202. The number of carboxylic acids is 1. The summed E-state index contributed by atoms with van der Waals surface area (Å²) >= 11 is 0. The normalized spacial score (nSPS) is 12.1. The van der Waals surface area contributed by atoms with Crippen LogP contribution in [-0.2, 0) is 14.3 Å². The molecule has 0 saturated carbocycles. The number of aliphatic carboxylic acids is 1. The van der Waals surface area contributed by atoms with Crippen LogP contribution in [0.25, 0.3) is 0 Å². The molecule has 0 radical (unpaired) electrons. The average Bonchev–Trinajstić information content (AvgIpc) is 2.16. The van der Waals surface area contributed by atoms with Crippen molar-refractivity contribution in [3.05, 3.63) is 0 Å². The van der Waals surface area contributed by atoms with Crippen LogP contribution in [0.15, 0.2) is 0 Å². The maximum Gasteiger partial charge on any atom is 0.334 e. The molecule has 0 amide bonds. The van der Waals surface area contributed by atoms with Gasteiger partial charge in [0, 0.05) is 6.42 Å². The Kier molecular flexibility index (Phi) is 7.62. The van der Waals surface area contributed by atoms with E-state index < -0.39 is 18.0 Å². The maximum atomic E-state index is 10.9. The van der Waals surface area contributed by atoms with Gasteiger partial charge in [-0.25, -0.2) is 4.79 Å². The van der Waals surface area contributed by atoms with Gasteiger partial charge < -0.3 is 14.9 Å². The summed E-state index contributed by atoms with van der Waals surface area (Å²) in [6.45, 7) is 1.94. The van der Waals surface area contributed by atoms with E-state index in [-0.39, 0.29) is 13.0 Å². The molecule has 15 heavy (non-hydrogen) atoms. The molecule has 0 aromatic heterocycles. The molecule has 0 aliphatic heterocycles. The molecule has 2 N–H and O–H groups in total. The van der Waals surface area contributed by atoms with Gasteiger partial charge in [0.1, 0.15) is 0 Å². The molecular formula is C10H18O5. The standard InChI is InChI=1S/C10H18O5/c1-2-15-10(14)8(11)6-4-3-5-7-9(12)13/h8,11H,2-7H2,1H3,(H,12,13). The average molecular weight is 218 g/mol. The molecule has 88 valence electrons. The van der Waals surface area contributed by atoms with Crippen LogP contribution in [0.5, 0.6) is 0 Å². The SMILES string of the molecule is CCOC(=O)C(O)CCCCCC(=O)O. The van der Waals surface area contributed by atoms with Crippen LogP contribution in [0.4, 0.5) is 0 Å². The highest BCUT2D eigenvalue weighted by Crippen LogP contribution is 2.06. The van der Waals surface area contributed by atoms with E-state index in [0.29, 0.717) is 25.7 Å². The molecule has 0 spiro atoms. The minimum Gasteiger partial charge on any atom is -0.481 e. The molecule has 1 atom stereocenters. The maximum absolute atomic E-state index is 10.9. The fraction of sp³-hybridized carbons (Fsp3) is 0.800. The summed E-state index contributed by atoms with van der Waals surface area (Å²) in [7, 11) is 0. The van der Waals surface area contributed by atoms with Crippen LogP contribution in [0.3, 0.4) is 0 Å². The van der Waals surface area contributed by atoms with E-state index in [0.717, 1.165) is 0 Å². The number of hydrogen-bond acceptors (Lipinski definition) is 4. The molecule has 0 heterocycles. The van der Waals surface area contributed by atoms with Crippen molar-refractivity contribution in [2.24, 2.45) is 0 Å². The van der Waals surface area contributed by atoms with E-state index in [2.05, 4.69) is 4.74 Å². The lowest BCUT2D eigenvalue weighted by Crippen LogP contribution is -2.22. The summed E-state index contributed by atoms with van der Waals surface area (Å²) in [6, 6.07) is 0. The summed E-state index contributed by atoms with van der Waals surface area (Å²) < 4.78 is 4.62. The molecule has 0 aliphatic rings. The zero-order valence-electron chi connectivity index (χ0n) is 8.94. The van der Waals surface area contributed by atoms with Crippen molar-refractivity contribution < 1.29 is 24.5 Å². The van der Waals surface area contributed by atoms with Crippen molar-refractivity contribution in [3.8, 4) is 0 Å². The second-order valence-electron chi connectivity index (χ2n) is 3.26. The predicted molar refractivity (Wildman–Crippen MR) is 53.4 cm³/mol. The van der Waals surface area contributed by atoms with Gasteiger partial charge in [-0.2, -0.15) is 0 Å². The van der Waals surface area contributed by atoms with Crippen LogP contribution >= 0.6 is 0 Å². The number of ether oxygens (including phenoxy) is 1. The Balaban J connectivity index is 3.42. The molecule has 0 bridgehead atoms. The summed E-state index contributed by atoms with van der Waals surface area (Å²) in [5.41, 5.74) is 0. The van der Waals surface area contributed by atoms with E-state index >= 15 is 0 Å². The number of carbonyl (C=O) groups excluding carboxylic acids is 1. The van der Waals surface area contributed by atoms with Crippen molar-refractivity contribution in [1.82, 2.24) is 0 Å². The second-order valence-corrected chi connectivity index (χ2v) is 3.26. The third-order valence-corrected chi connectivity index (χ3v) is 1.93. The van der Waals surface area contributed by atoms with Crippen molar-refractivity contribution in [2.75, 3.05) is 6.61 Å². The van der Waals surface area contributed by atoms with Crippen LogP contribution in [0.1, 0.15) is 39.0 Å². The van der Waals surface area contributed by atoms with Crippen LogP contribution in [-0.4, -0.2) is 34.9 Å². The molecule has 0 aromatic carbocycles. The summed E-state index contributed by atoms with van der Waals surface area (Å²) in [5.74, 6) is -1.42. The fourth-order valence-corrected chi connectivity index (χ4v) is 1.15. The van der Waals surface area contributed by atoms with Crippen molar-refractivity contribution in [1.29, 1.82) is 0 Å². The molecule has 0 aromatic rings. The highest BCUT2D eigenvalue weighted by Gasteiger charge is 2.14. The van der Waals surface area contributed by atoms with E-state index in [9.17, 15) is 14.7 Å². The minimum absolute atomic E-state index is 0.134. The number of aliphatic hydroxyl groups is 1. The number of esters is 1. The second kappa shape index (κ2) is 8.23. The summed E-state index contributed by atoms with van der Waals surface area (Å²) in [5, 5.41) is 17.6. The molecule has 0 rings (SSSR count). The molecule has 5 nitrogen and oxygen atoms in total. The lowest BCUT2D eigenvalue weighted by molar-refractivity contribution is -0.153. The zero-order valence-corrected chi connectivity index (χ0v) is 8.94. The number of hydrogen-bond donors (Lipinski definition) is 2. The monoisotopic (exact) mass is 218 g/mol. The lowest BCUT2D eigenvalue weighted by Gasteiger charge is -2.08. The van der Waals surface area contributed by atoms with Crippen LogP contribution in [0, 0.1) is 0 Å². The van der Waals surface area contributed by atoms with E-state index in [4.69, 9.17) is 5.11 Å². The van der Waals surface area contributed by atoms with Gasteiger partial charge in [0.05, 0.1) is 6.61 Å². The van der Waals surface area contributed by atoms with E-state index in [1.165, 1.54) is 0 Å². The number of aliphatic hydroxyl groups excluding tert-OH is 1. The first-order valence-electron chi connectivity index (χ1n) is 5.14. The lowest BCUT2D eigenvalue weighted by atomic mass is 10.1. The van der Waals surface area contributed by atoms with Gasteiger partial charge in [0.2, 0.25) is 0 Å². The highest BCUT2D eigenvalue weighted by molar-refractivity contribution is 5.74. The first kappa shape index (κ1) is 13.9. The van der Waals surface area contributed by atoms with E-state index in [1.807, 2.05) is 0 Å². The number of carbonyl (C=O) groups is 2. The minimum atomic E-state index is -1.07. The van der Waals surface area contributed by atoms with Gasteiger partial charge in [-0.1, -0.05) is 12.8 Å². The van der Waals surface area contributed by atoms with Gasteiger partial charge in [-0.3, -0.25) is 4.79 Å². The third kappa shape index (κ3) is 7.93. The smallest absolute Gasteiger partial charge is 0.334 e. The number of unbranched alkanes of at least 4 members (excludes halogenated alkanes) is 2. The van der Waals surface area contributed by atoms with Crippen LogP contribution in [0.2, 0.25) is 0 Å². The molecule has 5 heteroatoms. The van der Waals surface area contributed by atoms with Crippen molar-refractivity contribution in [3.63, 3.8) is 0 Å². The zero-order chi connectivity index (χ0) is 11.7. The molecule has 1 unspecified atom stereocenters. The van der Waals surface area contributed by atoms with E-state index in [1.54, 1.807) is 6.92 Å². The van der Waals surface area contributed by atoms with Gasteiger partial charge >= 0.3 is 11.9 Å². The molecule has 0 fully saturated rings. The summed E-state index contributed by atoms with van der Waals surface area (Å²) in [6.07, 6.45) is 1.30. The van der Waals surface area contributed by atoms with Crippen molar-refractivity contribution in [2.45, 2.75) is 45.1 Å². The number of rotatable bonds is 8. The Labute approximate surface area is 89.0 Å². The molecule has 0 aliphatic carbocycles. The van der Waals surface area contributed by atoms with Gasteiger partial charge in [0.25, 0.3) is 0 Å². The predicted octanol–water partition coefficient (Wildman–Crippen LogP) is 0.946. The van der Waals surface area contributed by atoms with Crippen LogP contribution < -0.4 is 0 Å². The fourth-order valence-electron chi connectivity index (χ4n) is 1.15. The third-order valence-electron chi connectivity index (χ3n) is 1.93. The number of carboxylic acid groups (broad SMARTS) is 1. The largest absolute Gasteiger partial charge is 0.481 e. The Morgan fingerprint density at radius 3 is 2.47 bits per heavy atom. The van der Waals surface area contributed by atoms with Crippen molar-refractivity contribution >= 4 is 11.9 Å². The Morgan fingerprint density at radius 1 is 1.27 bits per heavy atom. The quantitative estimate of drug-likeness (QED) is 0.468. The van der Waals surface area contributed by atoms with Gasteiger partial charge in [-0.15, -0.1) is 0 Å². The van der Waals surface area contributed by atoms with Gasteiger partial charge in [0.15, 0.2) is 6.10 Å². The summed E-state index contributed by atoms with van der Waals surface area (Å²) in [4.78, 5) is 21.1. The molecule has 0 saturated heterocycles. The Hall–Kier alpha value is -1.10. The first-order chi connectivity index (χ1) is 7.07. The first-order valence-corrected chi connectivity index (χ1v) is 5.14. The highest BCUT2D eigenvalue weighted by atomic mass is 16.5.